The minimum absolute atomic E-state index is 0.0681. The number of amides is 2. The fourth-order valence-corrected chi connectivity index (χ4v) is 2.40. The van der Waals surface area contributed by atoms with Gasteiger partial charge in [-0.1, -0.05) is 0 Å². The van der Waals surface area contributed by atoms with Crippen molar-refractivity contribution in [3.05, 3.63) is 22.6 Å². The predicted molar refractivity (Wildman–Crippen MR) is 75.2 cm³/mol. The number of carbonyl (C=O) groups is 2. The second-order valence-electron chi connectivity index (χ2n) is 4.68. The minimum atomic E-state index is -0.429. The topological polar surface area (TPSA) is 82.8 Å². The van der Waals surface area contributed by atoms with Crippen LogP contribution in [-0.4, -0.2) is 47.6 Å². The van der Waals surface area contributed by atoms with E-state index in [4.69, 9.17) is 9.52 Å². The van der Waals surface area contributed by atoms with Gasteiger partial charge in [0.25, 0.3) is 5.91 Å². The summed E-state index contributed by atoms with van der Waals surface area (Å²) in [5.41, 5.74) is 0. The molecule has 2 N–H and O–H groups in total. The molecule has 1 saturated carbocycles. The Morgan fingerprint density at radius 2 is 2.20 bits per heavy atom. The Morgan fingerprint density at radius 3 is 2.70 bits per heavy atom. The molecule has 1 aromatic rings. The van der Waals surface area contributed by atoms with Crippen molar-refractivity contribution in [2.45, 2.75) is 25.3 Å². The fraction of sp³-hybridized carbons (Fsp3) is 0.538. The molecule has 0 saturated heterocycles. The van der Waals surface area contributed by atoms with Crippen molar-refractivity contribution in [1.29, 1.82) is 0 Å². The molecule has 110 valence electrons. The van der Waals surface area contributed by atoms with E-state index >= 15 is 0 Å². The second-order valence-corrected chi connectivity index (χ2v) is 5.46. The number of aliphatic hydroxyl groups excluding tert-OH is 1. The number of carbonyl (C=O) groups excluding carboxylic acids is 2. The second kappa shape index (κ2) is 6.90. The van der Waals surface area contributed by atoms with Crippen LogP contribution in [0.5, 0.6) is 0 Å². The molecule has 2 amide bonds. The molecular weight excluding hydrogens is 328 g/mol. The summed E-state index contributed by atoms with van der Waals surface area (Å²) in [5, 5.41) is 11.5. The lowest BCUT2D eigenvalue weighted by Gasteiger charge is -2.37. The van der Waals surface area contributed by atoms with E-state index in [9.17, 15) is 9.59 Å². The Morgan fingerprint density at radius 1 is 1.45 bits per heavy atom. The van der Waals surface area contributed by atoms with Gasteiger partial charge in [-0.05, 0) is 47.3 Å². The van der Waals surface area contributed by atoms with Crippen LogP contribution >= 0.6 is 15.9 Å². The van der Waals surface area contributed by atoms with Gasteiger partial charge in [0, 0.05) is 12.6 Å². The summed E-state index contributed by atoms with van der Waals surface area (Å²) < 4.78 is 5.57. The first kappa shape index (κ1) is 15.1. The van der Waals surface area contributed by atoms with Crippen molar-refractivity contribution >= 4 is 27.7 Å². The molecule has 0 atom stereocenters. The molecule has 0 bridgehead atoms. The SMILES string of the molecule is O=C(NCC(=O)N(CCO)C1CCC1)c1ccc(Br)o1. The van der Waals surface area contributed by atoms with E-state index in [1.54, 1.807) is 11.0 Å². The number of aliphatic hydroxyl groups is 1. The van der Waals surface area contributed by atoms with Crippen LogP contribution in [0.1, 0.15) is 29.8 Å². The van der Waals surface area contributed by atoms with Crippen LogP contribution in [0.2, 0.25) is 0 Å². The molecule has 20 heavy (non-hydrogen) atoms. The van der Waals surface area contributed by atoms with Crippen molar-refractivity contribution in [2.75, 3.05) is 19.7 Å². The Kier molecular flexibility index (Phi) is 5.19. The van der Waals surface area contributed by atoms with E-state index in [0.29, 0.717) is 11.2 Å². The van der Waals surface area contributed by atoms with Crippen molar-refractivity contribution in [3.63, 3.8) is 0 Å². The number of nitrogens with zero attached hydrogens (tertiary/aromatic N) is 1. The maximum Gasteiger partial charge on any atom is 0.287 e. The third-order valence-corrected chi connectivity index (χ3v) is 3.80. The fourth-order valence-electron chi connectivity index (χ4n) is 2.10. The summed E-state index contributed by atoms with van der Waals surface area (Å²) in [6.07, 6.45) is 3.03. The van der Waals surface area contributed by atoms with E-state index in [1.807, 2.05) is 0 Å². The molecule has 0 radical (unpaired) electrons. The van der Waals surface area contributed by atoms with Crippen molar-refractivity contribution in [1.82, 2.24) is 10.2 Å². The van der Waals surface area contributed by atoms with Gasteiger partial charge < -0.3 is 19.7 Å². The number of furan rings is 1. The van der Waals surface area contributed by atoms with Gasteiger partial charge in [-0.15, -0.1) is 0 Å². The maximum atomic E-state index is 12.1. The maximum absolute atomic E-state index is 12.1. The highest BCUT2D eigenvalue weighted by Gasteiger charge is 2.28. The standard InChI is InChI=1S/C13H17BrN2O4/c14-11-5-4-10(20-11)13(19)15-8-12(18)16(6-7-17)9-2-1-3-9/h4-5,9,17H,1-3,6-8H2,(H,15,19). The van der Waals surface area contributed by atoms with Gasteiger partial charge in [-0.25, -0.2) is 0 Å². The Labute approximate surface area is 125 Å². The quantitative estimate of drug-likeness (QED) is 0.810. The zero-order valence-electron chi connectivity index (χ0n) is 11.0. The number of rotatable bonds is 6. The molecule has 6 nitrogen and oxygen atoms in total. The Bertz CT molecular complexity index is 484. The van der Waals surface area contributed by atoms with Gasteiger partial charge in [0.15, 0.2) is 10.4 Å². The van der Waals surface area contributed by atoms with E-state index < -0.39 is 5.91 Å². The van der Waals surface area contributed by atoms with Gasteiger partial charge in [-0.3, -0.25) is 9.59 Å². The first-order valence-corrected chi connectivity index (χ1v) is 7.35. The van der Waals surface area contributed by atoms with Crippen LogP contribution in [-0.2, 0) is 4.79 Å². The van der Waals surface area contributed by atoms with Crippen LogP contribution < -0.4 is 5.32 Å². The van der Waals surface area contributed by atoms with Gasteiger partial charge in [0.05, 0.1) is 13.2 Å². The van der Waals surface area contributed by atoms with E-state index in [2.05, 4.69) is 21.2 Å². The molecule has 1 aliphatic carbocycles. The minimum Gasteiger partial charge on any atom is -0.444 e. The summed E-state index contributed by atoms with van der Waals surface area (Å²) in [6.45, 7) is 0.153. The molecular formula is C13H17BrN2O4. The summed E-state index contributed by atoms with van der Waals surface area (Å²) in [6, 6.07) is 3.34. The van der Waals surface area contributed by atoms with Gasteiger partial charge in [-0.2, -0.15) is 0 Å². The number of nitrogens with one attached hydrogen (secondary N) is 1. The molecule has 7 heteroatoms. The first-order chi connectivity index (χ1) is 9.61. The van der Waals surface area contributed by atoms with E-state index in [0.717, 1.165) is 19.3 Å². The lowest BCUT2D eigenvalue weighted by molar-refractivity contribution is -0.134. The molecule has 1 heterocycles. The lowest BCUT2D eigenvalue weighted by atomic mass is 9.91. The van der Waals surface area contributed by atoms with Gasteiger partial charge >= 0.3 is 0 Å². The Hall–Kier alpha value is -1.34. The summed E-state index contributed by atoms with van der Waals surface area (Å²) in [7, 11) is 0. The predicted octanol–water partition coefficient (Wildman–Crippen LogP) is 1.15. The van der Waals surface area contributed by atoms with Crippen molar-refractivity contribution < 1.29 is 19.1 Å². The van der Waals surface area contributed by atoms with E-state index in [-0.39, 0.29) is 30.9 Å². The first-order valence-electron chi connectivity index (χ1n) is 6.55. The largest absolute Gasteiger partial charge is 0.444 e. The van der Waals surface area contributed by atoms with Crippen LogP contribution in [0.3, 0.4) is 0 Å². The average molecular weight is 345 g/mol. The van der Waals surface area contributed by atoms with Crippen molar-refractivity contribution in [2.24, 2.45) is 0 Å². The zero-order valence-corrected chi connectivity index (χ0v) is 12.6. The molecule has 1 aliphatic rings. The van der Waals surface area contributed by atoms with Crippen LogP contribution in [0.15, 0.2) is 21.2 Å². The lowest BCUT2D eigenvalue weighted by Crippen LogP contribution is -2.49. The average Bonchev–Trinajstić information content (AvgIpc) is 2.79. The Balaban J connectivity index is 1.85. The molecule has 0 aliphatic heterocycles. The highest BCUT2D eigenvalue weighted by Crippen LogP contribution is 2.24. The van der Waals surface area contributed by atoms with Crippen LogP contribution in [0, 0.1) is 0 Å². The third kappa shape index (κ3) is 3.61. The van der Waals surface area contributed by atoms with Gasteiger partial charge in [0.1, 0.15) is 0 Å². The number of halogens is 1. The third-order valence-electron chi connectivity index (χ3n) is 3.37. The smallest absolute Gasteiger partial charge is 0.287 e. The summed E-state index contributed by atoms with van der Waals surface area (Å²) in [4.78, 5) is 25.5. The molecule has 0 unspecified atom stereocenters. The van der Waals surface area contributed by atoms with E-state index in [1.165, 1.54) is 6.07 Å². The number of hydrogen-bond donors (Lipinski definition) is 2. The highest BCUT2D eigenvalue weighted by molar-refractivity contribution is 9.10. The molecule has 0 aromatic carbocycles. The molecule has 2 rings (SSSR count). The molecule has 0 spiro atoms. The summed E-state index contributed by atoms with van der Waals surface area (Å²) >= 11 is 3.11. The summed E-state index contributed by atoms with van der Waals surface area (Å²) in [5.74, 6) is -0.452. The normalized spacial score (nSPS) is 14.7. The van der Waals surface area contributed by atoms with Crippen LogP contribution in [0.25, 0.3) is 0 Å². The van der Waals surface area contributed by atoms with Crippen LogP contribution in [0.4, 0.5) is 0 Å². The zero-order chi connectivity index (χ0) is 14.5. The van der Waals surface area contributed by atoms with Gasteiger partial charge in [0.2, 0.25) is 5.91 Å². The van der Waals surface area contributed by atoms with Crippen molar-refractivity contribution in [3.8, 4) is 0 Å². The molecule has 1 fully saturated rings. The molecule has 1 aromatic heterocycles. The number of hydrogen-bond acceptors (Lipinski definition) is 4. The monoisotopic (exact) mass is 344 g/mol. The highest BCUT2D eigenvalue weighted by atomic mass is 79.9.